The Morgan fingerprint density at radius 3 is 1.72 bits per heavy atom. The molecule has 0 spiro atoms. The summed E-state index contributed by atoms with van der Waals surface area (Å²) in [5.41, 5.74) is 14.1. The van der Waals surface area contributed by atoms with Crippen LogP contribution in [0.3, 0.4) is 0 Å². The van der Waals surface area contributed by atoms with E-state index >= 15 is 0 Å². The number of fused-ring (bicyclic) bond motifs is 10. The summed E-state index contributed by atoms with van der Waals surface area (Å²) in [5, 5.41) is 10.2. The molecule has 1 aromatic heterocycles. The number of amidine groups is 1. The Morgan fingerprint density at radius 1 is 0.483 bits per heavy atom. The van der Waals surface area contributed by atoms with E-state index in [-0.39, 0.29) is 6.17 Å². The Morgan fingerprint density at radius 2 is 1.03 bits per heavy atom. The lowest BCUT2D eigenvalue weighted by atomic mass is 9.67. The van der Waals surface area contributed by atoms with Crippen molar-refractivity contribution in [1.82, 2.24) is 4.57 Å². The van der Waals surface area contributed by atoms with Crippen LogP contribution in [0.5, 0.6) is 0 Å². The highest BCUT2D eigenvalue weighted by molar-refractivity contribution is 6.27. The van der Waals surface area contributed by atoms with Crippen LogP contribution in [0, 0.1) is 0 Å². The van der Waals surface area contributed by atoms with Crippen LogP contribution in [0.1, 0.15) is 39.5 Å². The van der Waals surface area contributed by atoms with Crippen LogP contribution in [-0.4, -0.2) is 15.0 Å². The fourth-order valence-electron chi connectivity index (χ4n) is 10.1. The van der Waals surface area contributed by atoms with Crippen molar-refractivity contribution < 1.29 is 4.58 Å². The van der Waals surface area contributed by atoms with E-state index in [2.05, 4.69) is 228 Å². The highest BCUT2D eigenvalue weighted by atomic mass is 15.3. The maximum atomic E-state index is 5.17. The number of rotatable bonds is 6. The van der Waals surface area contributed by atoms with Crippen molar-refractivity contribution in [2.45, 2.75) is 11.6 Å². The second kappa shape index (κ2) is 12.8. The van der Waals surface area contributed by atoms with Gasteiger partial charge in [-0.15, -0.1) is 0 Å². The van der Waals surface area contributed by atoms with E-state index in [0.717, 1.165) is 22.8 Å². The quantitative estimate of drug-likeness (QED) is 0.152. The van der Waals surface area contributed by atoms with Gasteiger partial charge >= 0.3 is 0 Å². The summed E-state index contributed by atoms with van der Waals surface area (Å²) < 4.78 is 4.92. The van der Waals surface area contributed by atoms with Gasteiger partial charge in [-0.1, -0.05) is 188 Å². The van der Waals surface area contributed by atoms with Crippen molar-refractivity contribution in [2.24, 2.45) is 0 Å². The highest BCUT2D eigenvalue weighted by Gasteiger charge is 2.49. The van der Waals surface area contributed by atoms with Crippen LogP contribution in [0.15, 0.2) is 218 Å². The van der Waals surface area contributed by atoms with Crippen LogP contribution in [0.2, 0.25) is 0 Å². The first kappa shape index (κ1) is 32.7. The molecule has 1 unspecified atom stereocenters. The summed E-state index contributed by atoms with van der Waals surface area (Å²) in [6, 6.07) is 79.8. The van der Waals surface area contributed by atoms with Crippen molar-refractivity contribution in [3.8, 4) is 16.8 Å². The molecule has 0 radical (unpaired) electrons. The number of hydrogen-bond donors (Lipinski definition) is 0. The SMILES string of the molecule is c1ccc(C2=[N+](c3ccc(-n4c5ccccc5c5c6ccccc6c6c(c54)C(c4ccccc4)(c4ccccc4)c4ccccc4-6)cc3)C(c3ccccc3)[N-]2)cc1. The van der Waals surface area contributed by atoms with E-state index in [1.54, 1.807) is 0 Å². The van der Waals surface area contributed by atoms with E-state index in [1.807, 2.05) is 0 Å². The summed E-state index contributed by atoms with van der Waals surface area (Å²) in [6.45, 7) is 0. The molecule has 58 heavy (non-hydrogen) atoms. The molecule has 0 amide bonds. The highest BCUT2D eigenvalue weighted by Crippen LogP contribution is 2.61. The number of nitrogens with zero attached hydrogens (tertiary/aromatic N) is 3. The molecule has 0 fully saturated rings. The standard InChI is InChI=1S/C55H37N3/c1-5-19-37(20-6-1)53-56-54(38-21-7-2-8-22-38)58(53)42-35-33-41(34-36-42)57-48-32-18-16-30-46(48)50-44-28-14-13-27-43(44)49-45-29-15-17-31-47(45)55(51(49)52(50)57,39-23-9-3-10-24-39)40-25-11-4-12-26-40/h1-36,53H. The molecule has 3 heteroatoms. The average Bonchev–Trinajstić information content (AvgIpc) is 3.80. The molecule has 1 aliphatic carbocycles. The van der Waals surface area contributed by atoms with E-state index < -0.39 is 5.41 Å². The average molecular weight is 740 g/mol. The summed E-state index contributed by atoms with van der Waals surface area (Å²) >= 11 is 0. The van der Waals surface area contributed by atoms with Crippen LogP contribution in [0.4, 0.5) is 5.69 Å². The van der Waals surface area contributed by atoms with Gasteiger partial charge in [0.1, 0.15) is 5.84 Å². The molecule has 0 saturated carbocycles. The lowest BCUT2D eigenvalue weighted by Gasteiger charge is -2.37. The van der Waals surface area contributed by atoms with Crippen molar-refractivity contribution in [2.75, 3.05) is 0 Å². The minimum absolute atomic E-state index is 0.0963. The van der Waals surface area contributed by atoms with Gasteiger partial charge in [0.25, 0.3) is 0 Å². The molecule has 10 aromatic rings. The Hall–Kier alpha value is -7.49. The minimum Gasteiger partial charge on any atom is -0.309 e. The predicted octanol–water partition coefficient (Wildman–Crippen LogP) is 13.5. The first-order valence-corrected chi connectivity index (χ1v) is 20.1. The second-order valence-electron chi connectivity index (χ2n) is 15.4. The first-order chi connectivity index (χ1) is 28.8. The Labute approximate surface area is 337 Å². The van der Waals surface area contributed by atoms with Gasteiger partial charge in [0, 0.05) is 33.3 Å². The van der Waals surface area contributed by atoms with Crippen LogP contribution in [0.25, 0.3) is 54.7 Å². The second-order valence-corrected chi connectivity index (χ2v) is 15.4. The summed E-state index contributed by atoms with van der Waals surface area (Å²) in [6.07, 6.45) is -0.0963. The molecular formula is C55H37N3. The normalized spacial score (nSPS) is 15.3. The van der Waals surface area contributed by atoms with Gasteiger partial charge in [-0.05, 0) is 74.5 Å². The molecule has 3 nitrogen and oxygen atoms in total. The third-order valence-electron chi connectivity index (χ3n) is 12.4. The van der Waals surface area contributed by atoms with E-state index in [4.69, 9.17) is 5.32 Å². The molecule has 12 rings (SSSR count). The third-order valence-corrected chi connectivity index (χ3v) is 12.4. The van der Waals surface area contributed by atoms with E-state index in [9.17, 15) is 0 Å². The van der Waals surface area contributed by atoms with Crippen molar-refractivity contribution in [3.63, 3.8) is 0 Å². The fraction of sp³-hybridized carbons (Fsp3) is 0.0364. The molecule has 272 valence electrons. The van der Waals surface area contributed by atoms with Crippen molar-refractivity contribution in [1.29, 1.82) is 0 Å². The van der Waals surface area contributed by atoms with Crippen LogP contribution >= 0.6 is 0 Å². The maximum absolute atomic E-state index is 5.17. The Kier molecular flexibility index (Phi) is 7.21. The van der Waals surface area contributed by atoms with E-state index in [0.29, 0.717) is 0 Å². The molecule has 2 heterocycles. The molecule has 0 N–H and O–H groups in total. The fourth-order valence-corrected chi connectivity index (χ4v) is 10.1. The number of aromatic nitrogens is 1. The first-order valence-electron chi connectivity index (χ1n) is 20.1. The van der Waals surface area contributed by atoms with Gasteiger partial charge in [-0.3, -0.25) is 4.58 Å². The van der Waals surface area contributed by atoms with Crippen molar-refractivity contribution in [3.05, 3.63) is 257 Å². The number of hydrogen-bond acceptors (Lipinski definition) is 0. The molecular weight excluding hydrogens is 703 g/mol. The molecule has 0 saturated heterocycles. The largest absolute Gasteiger partial charge is 0.309 e. The van der Waals surface area contributed by atoms with Gasteiger partial charge < -0.3 is 4.57 Å². The lowest BCUT2D eigenvalue weighted by molar-refractivity contribution is -0.501. The zero-order valence-corrected chi connectivity index (χ0v) is 31.7. The molecule has 1 aliphatic heterocycles. The summed E-state index contributed by atoms with van der Waals surface area (Å²) in [4.78, 5) is 0. The number of para-hydroxylation sites is 1. The summed E-state index contributed by atoms with van der Waals surface area (Å²) in [7, 11) is 0. The minimum atomic E-state index is -0.579. The van der Waals surface area contributed by atoms with Crippen LogP contribution in [-0.2, 0) is 5.41 Å². The lowest BCUT2D eigenvalue weighted by Crippen LogP contribution is -2.33. The summed E-state index contributed by atoms with van der Waals surface area (Å²) in [5.74, 6) is 0.983. The predicted molar refractivity (Wildman–Crippen MR) is 239 cm³/mol. The van der Waals surface area contributed by atoms with Crippen LogP contribution < -0.4 is 0 Å². The Balaban J connectivity index is 1.19. The van der Waals surface area contributed by atoms with Gasteiger partial charge in [0.2, 0.25) is 0 Å². The van der Waals surface area contributed by atoms with Gasteiger partial charge in [0.15, 0.2) is 6.17 Å². The number of benzene rings is 9. The zero-order chi connectivity index (χ0) is 38.2. The van der Waals surface area contributed by atoms with Gasteiger partial charge in [0.05, 0.1) is 16.4 Å². The third kappa shape index (κ3) is 4.53. The monoisotopic (exact) mass is 739 g/mol. The van der Waals surface area contributed by atoms with Gasteiger partial charge in [-0.25, -0.2) is 5.32 Å². The Bertz CT molecular complexity index is 3180. The zero-order valence-electron chi connectivity index (χ0n) is 31.7. The molecule has 2 aliphatic rings. The van der Waals surface area contributed by atoms with E-state index in [1.165, 1.54) is 71.5 Å². The smallest absolute Gasteiger partial charge is 0.154 e. The molecule has 1 atom stereocenters. The van der Waals surface area contributed by atoms with Crippen molar-refractivity contribution >= 4 is 44.1 Å². The molecule has 9 aromatic carbocycles. The molecule has 0 bridgehead atoms. The maximum Gasteiger partial charge on any atom is 0.154 e. The van der Waals surface area contributed by atoms with Gasteiger partial charge in [-0.2, -0.15) is 0 Å². The topological polar surface area (TPSA) is 22.0 Å².